The number of aromatic nitrogens is 2. The first-order valence-corrected chi connectivity index (χ1v) is 6.62. The zero-order chi connectivity index (χ0) is 13.7. The van der Waals surface area contributed by atoms with Crippen molar-refractivity contribution < 1.29 is 0 Å². The summed E-state index contributed by atoms with van der Waals surface area (Å²) in [5.41, 5.74) is 1.17. The van der Waals surface area contributed by atoms with Crippen molar-refractivity contribution >= 4 is 5.69 Å². The van der Waals surface area contributed by atoms with Gasteiger partial charge in [0.1, 0.15) is 5.82 Å². The minimum Gasteiger partial charge on any atom is -0.383 e. The molecule has 0 amide bonds. The fourth-order valence-corrected chi connectivity index (χ4v) is 1.91. The van der Waals surface area contributed by atoms with E-state index in [-0.39, 0.29) is 0 Å². The first-order valence-electron chi connectivity index (χ1n) is 6.62. The predicted octanol–water partition coefficient (Wildman–Crippen LogP) is 2.35. The molecule has 0 aliphatic heterocycles. The molecule has 2 aromatic rings. The van der Waals surface area contributed by atoms with Crippen LogP contribution < -0.4 is 5.32 Å². The van der Waals surface area contributed by atoms with Crippen LogP contribution in [0.1, 0.15) is 12.7 Å². The Hall–Kier alpha value is -1.81. The molecule has 1 aromatic carbocycles. The second kappa shape index (κ2) is 6.38. The third-order valence-electron chi connectivity index (χ3n) is 3.44. The summed E-state index contributed by atoms with van der Waals surface area (Å²) in [6.07, 6.45) is 3.83. The monoisotopic (exact) mass is 258 g/mol. The maximum Gasteiger partial charge on any atom is 0.122 e. The highest BCUT2D eigenvalue weighted by Gasteiger charge is 2.11. The van der Waals surface area contributed by atoms with Crippen molar-refractivity contribution in [1.29, 1.82) is 0 Å². The van der Waals surface area contributed by atoms with Crippen LogP contribution in [0.4, 0.5) is 5.69 Å². The van der Waals surface area contributed by atoms with Crippen molar-refractivity contribution in [3.63, 3.8) is 0 Å². The lowest BCUT2D eigenvalue weighted by Crippen LogP contribution is -2.35. The van der Waals surface area contributed by atoms with Crippen molar-refractivity contribution in [3.8, 4) is 0 Å². The van der Waals surface area contributed by atoms with Crippen molar-refractivity contribution in [1.82, 2.24) is 14.5 Å². The van der Waals surface area contributed by atoms with Gasteiger partial charge in [0.25, 0.3) is 0 Å². The zero-order valence-electron chi connectivity index (χ0n) is 11.9. The van der Waals surface area contributed by atoms with Gasteiger partial charge in [-0.2, -0.15) is 0 Å². The van der Waals surface area contributed by atoms with E-state index in [1.807, 2.05) is 37.6 Å². The second-order valence-electron chi connectivity index (χ2n) is 4.97. The summed E-state index contributed by atoms with van der Waals surface area (Å²) in [6, 6.07) is 10.7. The minimum atomic E-state index is 0.442. The fourth-order valence-electron chi connectivity index (χ4n) is 1.91. The summed E-state index contributed by atoms with van der Waals surface area (Å²) < 4.78 is 2.06. The SMILES string of the molecule is CC(CNc1ccccc1)N(C)Cc1nccn1C. The average molecular weight is 258 g/mol. The molecule has 0 radical (unpaired) electrons. The highest BCUT2D eigenvalue weighted by atomic mass is 15.2. The Morgan fingerprint density at radius 2 is 2.05 bits per heavy atom. The summed E-state index contributed by atoms with van der Waals surface area (Å²) in [4.78, 5) is 6.66. The van der Waals surface area contributed by atoms with Crippen LogP contribution in [0, 0.1) is 0 Å². The van der Waals surface area contributed by atoms with Gasteiger partial charge >= 0.3 is 0 Å². The smallest absolute Gasteiger partial charge is 0.122 e. The molecule has 1 unspecified atom stereocenters. The number of hydrogen-bond donors (Lipinski definition) is 1. The summed E-state index contributed by atoms with van der Waals surface area (Å²) in [5, 5.41) is 3.45. The number of nitrogens with one attached hydrogen (secondary N) is 1. The molecule has 0 aliphatic rings. The van der Waals surface area contributed by atoms with Crippen LogP contribution in [-0.4, -0.2) is 34.1 Å². The maximum atomic E-state index is 4.36. The van der Waals surface area contributed by atoms with E-state index in [0.29, 0.717) is 6.04 Å². The van der Waals surface area contributed by atoms with Crippen LogP contribution in [0.15, 0.2) is 42.7 Å². The number of likely N-dealkylation sites (N-methyl/N-ethyl adjacent to an activating group) is 1. The molecular weight excluding hydrogens is 236 g/mol. The number of para-hydroxylation sites is 1. The Bertz CT molecular complexity index is 492. The van der Waals surface area contributed by atoms with E-state index in [2.05, 4.69) is 45.9 Å². The molecule has 19 heavy (non-hydrogen) atoms. The molecule has 1 atom stereocenters. The van der Waals surface area contributed by atoms with E-state index in [1.54, 1.807) is 0 Å². The van der Waals surface area contributed by atoms with Crippen molar-refractivity contribution in [2.24, 2.45) is 7.05 Å². The summed E-state index contributed by atoms with van der Waals surface area (Å²) >= 11 is 0. The van der Waals surface area contributed by atoms with E-state index in [0.717, 1.165) is 18.9 Å². The normalized spacial score (nSPS) is 12.6. The Labute approximate surface area is 115 Å². The number of nitrogens with zero attached hydrogens (tertiary/aromatic N) is 3. The Kier molecular flexibility index (Phi) is 4.58. The number of rotatable bonds is 6. The van der Waals surface area contributed by atoms with Crippen LogP contribution in [0.2, 0.25) is 0 Å². The summed E-state index contributed by atoms with van der Waals surface area (Å²) in [5.74, 6) is 1.09. The van der Waals surface area contributed by atoms with Crippen LogP contribution in [0.5, 0.6) is 0 Å². The third-order valence-corrected chi connectivity index (χ3v) is 3.44. The standard InChI is InChI=1S/C15H22N4/c1-13(11-17-14-7-5-4-6-8-14)19(3)12-15-16-9-10-18(15)2/h4-10,13,17H,11-12H2,1-3H3. The minimum absolute atomic E-state index is 0.442. The molecule has 1 aromatic heterocycles. The van der Waals surface area contributed by atoms with Gasteiger partial charge in [-0.05, 0) is 26.1 Å². The van der Waals surface area contributed by atoms with E-state index in [4.69, 9.17) is 0 Å². The third kappa shape index (κ3) is 3.83. The van der Waals surface area contributed by atoms with E-state index in [9.17, 15) is 0 Å². The average Bonchev–Trinajstić information content (AvgIpc) is 2.82. The Morgan fingerprint density at radius 1 is 1.32 bits per heavy atom. The molecule has 0 bridgehead atoms. The molecule has 0 fully saturated rings. The predicted molar refractivity (Wildman–Crippen MR) is 79.1 cm³/mol. The lowest BCUT2D eigenvalue weighted by atomic mass is 10.2. The molecule has 2 rings (SSSR count). The van der Waals surface area contributed by atoms with Crippen molar-refractivity contribution in [2.45, 2.75) is 19.5 Å². The zero-order valence-corrected chi connectivity index (χ0v) is 11.9. The van der Waals surface area contributed by atoms with Crippen LogP contribution >= 0.6 is 0 Å². The van der Waals surface area contributed by atoms with Gasteiger partial charge in [0.05, 0.1) is 6.54 Å². The van der Waals surface area contributed by atoms with Gasteiger partial charge in [0.2, 0.25) is 0 Å². The van der Waals surface area contributed by atoms with Gasteiger partial charge in [-0.15, -0.1) is 0 Å². The van der Waals surface area contributed by atoms with Gasteiger partial charge in [0.15, 0.2) is 0 Å². The molecular formula is C15H22N4. The van der Waals surface area contributed by atoms with E-state index >= 15 is 0 Å². The van der Waals surface area contributed by atoms with E-state index < -0.39 is 0 Å². The molecule has 0 saturated heterocycles. The number of benzene rings is 1. The summed E-state index contributed by atoms with van der Waals surface area (Å²) in [6.45, 7) is 4.00. The molecule has 1 N–H and O–H groups in total. The first kappa shape index (κ1) is 13.6. The number of hydrogen-bond acceptors (Lipinski definition) is 3. The number of aryl methyl sites for hydroxylation is 1. The van der Waals surface area contributed by atoms with Gasteiger partial charge in [-0.1, -0.05) is 18.2 Å². The molecule has 4 heteroatoms. The van der Waals surface area contributed by atoms with E-state index in [1.165, 1.54) is 5.69 Å². The topological polar surface area (TPSA) is 33.1 Å². The molecule has 0 aliphatic carbocycles. The second-order valence-corrected chi connectivity index (χ2v) is 4.97. The molecule has 102 valence electrons. The first-order chi connectivity index (χ1) is 9.16. The highest BCUT2D eigenvalue weighted by molar-refractivity contribution is 5.42. The fraction of sp³-hybridized carbons (Fsp3) is 0.400. The Balaban J connectivity index is 1.83. The van der Waals surface area contributed by atoms with Crippen molar-refractivity contribution in [3.05, 3.63) is 48.5 Å². The van der Waals surface area contributed by atoms with Crippen LogP contribution in [0.3, 0.4) is 0 Å². The summed E-state index contributed by atoms with van der Waals surface area (Å²) in [7, 11) is 4.16. The quantitative estimate of drug-likeness (QED) is 0.863. The lowest BCUT2D eigenvalue weighted by Gasteiger charge is -2.25. The maximum absolute atomic E-state index is 4.36. The lowest BCUT2D eigenvalue weighted by molar-refractivity contribution is 0.250. The number of anilines is 1. The molecule has 0 saturated carbocycles. The molecule has 0 spiro atoms. The van der Waals surface area contributed by atoms with Crippen LogP contribution in [-0.2, 0) is 13.6 Å². The van der Waals surface area contributed by atoms with Gasteiger partial charge in [0, 0.05) is 37.7 Å². The van der Waals surface area contributed by atoms with Gasteiger partial charge < -0.3 is 9.88 Å². The number of imidazole rings is 1. The van der Waals surface area contributed by atoms with Gasteiger partial charge in [-0.25, -0.2) is 4.98 Å². The highest BCUT2D eigenvalue weighted by Crippen LogP contribution is 2.08. The van der Waals surface area contributed by atoms with Gasteiger partial charge in [-0.3, -0.25) is 4.90 Å². The Morgan fingerprint density at radius 3 is 2.68 bits per heavy atom. The van der Waals surface area contributed by atoms with Crippen molar-refractivity contribution in [2.75, 3.05) is 18.9 Å². The van der Waals surface area contributed by atoms with Crippen LogP contribution in [0.25, 0.3) is 0 Å². The molecule has 4 nitrogen and oxygen atoms in total. The largest absolute Gasteiger partial charge is 0.383 e. The molecule has 1 heterocycles.